The second-order valence-electron chi connectivity index (χ2n) is 5.99. The van der Waals surface area contributed by atoms with Gasteiger partial charge in [-0.1, -0.05) is 43.7 Å². The first-order valence-electron chi connectivity index (χ1n) is 8.76. The van der Waals surface area contributed by atoms with Crippen LogP contribution in [-0.4, -0.2) is 38.6 Å². The number of thioether (sulfide) groups is 1. The molecule has 0 fully saturated rings. The highest BCUT2D eigenvalue weighted by Gasteiger charge is 2.16. The third-order valence-corrected chi connectivity index (χ3v) is 5.20. The summed E-state index contributed by atoms with van der Waals surface area (Å²) in [6.45, 7) is 3.56. The lowest BCUT2D eigenvalue weighted by Gasteiger charge is -2.11. The lowest BCUT2D eigenvalue weighted by Crippen LogP contribution is -2.23. The maximum Gasteiger partial charge on any atom is 0.262 e. The maximum atomic E-state index is 12.9. The van der Waals surface area contributed by atoms with Crippen molar-refractivity contribution >= 4 is 28.4 Å². The second-order valence-corrected chi connectivity index (χ2v) is 7.06. The van der Waals surface area contributed by atoms with Gasteiger partial charge >= 0.3 is 0 Å². The molecule has 0 unspecified atom stereocenters. The average Bonchev–Trinajstić information content (AvgIpc) is 3.05. The number of aryl methyl sites for hydroxylation is 1. The highest BCUT2D eigenvalue weighted by atomic mass is 32.2. The molecule has 0 aliphatic rings. The Morgan fingerprint density at radius 1 is 1.16 bits per heavy atom. The van der Waals surface area contributed by atoms with Gasteiger partial charge in [0.1, 0.15) is 0 Å². The Morgan fingerprint density at radius 3 is 2.80 bits per heavy atom. The zero-order chi connectivity index (χ0) is 17.6. The van der Waals surface area contributed by atoms with Crippen LogP contribution >= 0.6 is 11.8 Å². The zero-order valence-electron chi connectivity index (χ0n) is 14.8. The molecule has 25 heavy (non-hydrogen) atoms. The maximum absolute atomic E-state index is 12.9. The molecule has 0 radical (unpaired) electrons. The molecule has 0 saturated carbocycles. The van der Waals surface area contributed by atoms with E-state index in [2.05, 4.69) is 17.1 Å². The number of hydrogen-bond donors (Lipinski definition) is 0. The van der Waals surface area contributed by atoms with E-state index in [-0.39, 0.29) is 5.56 Å². The summed E-state index contributed by atoms with van der Waals surface area (Å²) < 4.78 is 8.89. The van der Waals surface area contributed by atoms with Crippen molar-refractivity contribution in [2.45, 2.75) is 44.3 Å². The predicted molar refractivity (Wildman–Crippen MR) is 101 cm³/mol. The number of methoxy groups -OCH3 is 1. The first-order chi connectivity index (χ1) is 12.3. The summed E-state index contributed by atoms with van der Waals surface area (Å²) >= 11 is 1.65. The van der Waals surface area contributed by atoms with Gasteiger partial charge in [0.05, 0.1) is 10.9 Å². The van der Waals surface area contributed by atoms with E-state index in [4.69, 9.17) is 4.74 Å². The molecule has 3 aromatic rings. The van der Waals surface area contributed by atoms with Crippen molar-refractivity contribution in [1.29, 1.82) is 0 Å². The van der Waals surface area contributed by atoms with Crippen molar-refractivity contribution in [3.8, 4) is 0 Å². The molecule has 0 atom stereocenters. The van der Waals surface area contributed by atoms with Gasteiger partial charge in [0.25, 0.3) is 5.56 Å². The molecule has 6 nitrogen and oxygen atoms in total. The molecule has 134 valence electrons. The predicted octanol–water partition coefficient (Wildman–Crippen LogP) is 3.36. The van der Waals surface area contributed by atoms with E-state index in [1.165, 1.54) is 0 Å². The topological polar surface area (TPSA) is 61.4 Å². The summed E-state index contributed by atoms with van der Waals surface area (Å²) in [4.78, 5) is 12.9. The molecule has 7 heteroatoms. The molecular weight excluding hydrogens is 336 g/mol. The van der Waals surface area contributed by atoms with Crippen molar-refractivity contribution < 1.29 is 4.74 Å². The normalized spacial score (nSPS) is 11.6. The van der Waals surface area contributed by atoms with Crippen LogP contribution in [0.15, 0.2) is 34.2 Å². The lowest BCUT2D eigenvalue weighted by molar-refractivity contribution is 0.200. The highest BCUT2D eigenvalue weighted by molar-refractivity contribution is 7.99. The number of rotatable bonds is 9. The van der Waals surface area contributed by atoms with Crippen LogP contribution in [0, 0.1) is 0 Å². The number of nitrogens with zero attached hydrogens (tertiary/aromatic N) is 4. The summed E-state index contributed by atoms with van der Waals surface area (Å²) in [6.07, 6.45) is 4.13. The molecule has 2 aromatic heterocycles. The van der Waals surface area contributed by atoms with E-state index in [9.17, 15) is 4.79 Å². The minimum Gasteiger partial charge on any atom is -0.385 e. The number of fused-ring (bicyclic) bond motifs is 3. The van der Waals surface area contributed by atoms with Crippen LogP contribution < -0.4 is 5.56 Å². The van der Waals surface area contributed by atoms with Crippen LogP contribution in [0.2, 0.25) is 0 Å². The molecule has 1 aromatic carbocycles. The number of hydrogen-bond acceptors (Lipinski definition) is 5. The molecule has 0 aliphatic carbocycles. The Hall–Kier alpha value is -1.86. The van der Waals surface area contributed by atoms with Gasteiger partial charge < -0.3 is 4.74 Å². The summed E-state index contributed by atoms with van der Waals surface area (Å²) in [5.41, 5.74) is 0.885. The Labute approximate surface area is 151 Å². The van der Waals surface area contributed by atoms with Crippen molar-refractivity contribution in [3.05, 3.63) is 34.6 Å². The van der Waals surface area contributed by atoms with Crippen LogP contribution in [0.1, 0.15) is 32.6 Å². The van der Waals surface area contributed by atoms with Gasteiger partial charge in [0, 0.05) is 26.0 Å². The first-order valence-corrected chi connectivity index (χ1v) is 9.75. The van der Waals surface area contributed by atoms with E-state index in [0.29, 0.717) is 17.7 Å². The van der Waals surface area contributed by atoms with Gasteiger partial charge in [-0.05, 0) is 25.0 Å². The second kappa shape index (κ2) is 8.49. The van der Waals surface area contributed by atoms with Gasteiger partial charge in [0.2, 0.25) is 5.78 Å². The smallest absolute Gasteiger partial charge is 0.262 e. The molecule has 3 rings (SSSR count). The Bertz CT molecular complexity index is 903. The van der Waals surface area contributed by atoms with Gasteiger partial charge in [-0.3, -0.25) is 13.8 Å². The van der Waals surface area contributed by atoms with Crippen molar-refractivity contribution in [3.63, 3.8) is 0 Å². The summed E-state index contributed by atoms with van der Waals surface area (Å²) in [6, 6.07) is 7.69. The molecule has 0 spiro atoms. The molecule has 0 aliphatic heterocycles. The minimum atomic E-state index is 0.0162. The fraction of sp³-hybridized carbons (Fsp3) is 0.500. The van der Waals surface area contributed by atoms with Crippen molar-refractivity contribution in [2.24, 2.45) is 0 Å². The lowest BCUT2D eigenvalue weighted by atomic mass is 10.2. The van der Waals surface area contributed by atoms with Crippen LogP contribution in [0.4, 0.5) is 0 Å². The van der Waals surface area contributed by atoms with Crippen LogP contribution in [0.25, 0.3) is 16.7 Å². The molecule has 0 amide bonds. The molecular formula is C18H24N4O2S. The molecule has 0 N–H and O–H groups in total. The fourth-order valence-corrected chi connectivity index (χ4v) is 3.77. The van der Waals surface area contributed by atoms with Crippen LogP contribution in [0.3, 0.4) is 0 Å². The largest absolute Gasteiger partial charge is 0.385 e. The summed E-state index contributed by atoms with van der Waals surface area (Å²) in [5.74, 6) is 1.53. The molecule has 2 heterocycles. The number of benzene rings is 1. The minimum absolute atomic E-state index is 0.0162. The van der Waals surface area contributed by atoms with E-state index >= 15 is 0 Å². The van der Waals surface area contributed by atoms with E-state index in [1.54, 1.807) is 23.4 Å². The quantitative estimate of drug-likeness (QED) is 0.432. The summed E-state index contributed by atoms with van der Waals surface area (Å²) in [7, 11) is 1.71. The van der Waals surface area contributed by atoms with E-state index in [1.807, 2.05) is 28.7 Å². The van der Waals surface area contributed by atoms with Crippen molar-refractivity contribution in [2.75, 3.05) is 19.5 Å². The number of aromatic nitrogens is 4. The monoisotopic (exact) mass is 360 g/mol. The zero-order valence-corrected chi connectivity index (χ0v) is 15.6. The standard InChI is InChI=1S/C18H24N4O2S/c1-3-4-7-11-21-16(23)14-9-5-6-10-15(14)22-17(21)19-20-18(22)25-13-8-12-24-2/h5-6,9-10H,3-4,7-8,11-13H2,1-2H3. The Kier molecular flexibility index (Phi) is 6.09. The van der Waals surface area contributed by atoms with Gasteiger partial charge in [-0.2, -0.15) is 0 Å². The first kappa shape index (κ1) is 17.9. The SMILES string of the molecule is CCCCCn1c(=O)c2ccccc2n2c(SCCCOC)nnc12. The average molecular weight is 360 g/mol. The van der Waals surface area contributed by atoms with Gasteiger partial charge in [-0.25, -0.2) is 0 Å². The van der Waals surface area contributed by atoms with Gasteiger partial charge in [0.15, 0.2) is 5.16 Å². The summed E-state index contributed by atoms with van der Waals surface area (Å²) in [5, 5.41) is 10.2. The third kappa shape index (κ3) is 3.72. The van der Waals surface area contributed by atoms with E-state index < -0.39 is 0 Å². The Morgan fingerprint density at radius 2 is 2.00 bits per heavy atom. The molecule has 0 bridgehead atoms. The number of para-hydroxylation sites is 1. The Balaban J connectivity index is 2.07. The third-order valence-electron chi connectivity index (χ3n) is 4.19. The van der Waals surface area contributed by atoms with Crippen molar-refractivity contribution in [1.82, 2.24) is 19.2 Å². The van der Waals surface area contributed by atoms with Gasteiger partial charge in [-0.15, -0.1) is 10.2 Å². The van der Waals surface area contributed by atoms with Crippen LogP contribution in [0.5, 0.6) is 0 Å². The van der Waals surface area contributed by atoms with E-state index in [0.717, 1.165) is 48.7 Å². The number of ether oxygens (including phenoxy) is 1. The molecule has 0 saturated heterocycles. The highest BCUT2D eigenvalue weighted by Crippen LogP contribution is 2.22. The number of unbranched alkanes of at least 4 members (excludes halogenated alkanes) is 2. The fourth-order valence-electron chi connectivity index (χ4n) is 2.92. The van der Waals surface area contributed by atoms with Crippen LogP contribution in [-0.2, 0) is 11.3 Å².